The van der Waals surface area contributed by atoms with E-state index in [0.717, 1.165) is 20.6 Å². The van der Waals surface area contributed by atoms with Gasteiger partial charge in [-0.1, -0.05) is 30.3 Å². The SMILES string of the molecule is Cc1cc(C(=O)C2CC2c2ccccc2)sc1Br. The highest BCUT2D eigenvalue weighted by Gasteiger charge is 2.44. The number of rotatable bonds is 3. The van der Waals surface area contributed by atoms with Gasteiger partial charge in [-0.25, -0.2) is 0 Å². The van der Waals surface area contributed by atoms with Crippen LogP contribution in [0.25, 0.3) is 0 Å². The second-order valence-electron chi connectivity index (χ2n) is 4.79. The number of ketones is 1. The number of thiophene rings is 1. The molecule has 3 heteroatoms. The summed E-state index contributed by atoms with van der Waals surface area (Å²) < 4.78 is 1.07. The third-order valence-electron chi connectivity index (χ3n) is 3.45. The molecule has 1 saturated carbocycles. The Kier molecular flexibility index (Phi) is 3.12. The van der Waals surface area contributed by atoms with E-state index in [1.165, 1.54) is 5.56 Å². The summed E-state index contributed by atoms with van der Waals surface area (Å²) in [6.45, 7) is 2.03. The van der Waals surface area contributed by atoms with Crippen molar-refractivity contribution in [2.75, 3.05) is 0 Å². The van der Waals surface area contributed by atoms with E-state index in [4.69, 9.17) is 0 Å². The molecule has 92 valence electrons. The van der Waals surface area contributed by atoms with Gasteiger partial charge < -0.3 is 0 Å². The lowest BCUT2D eigenvalue weighted by Gasteiger charge is -1.98. The van der Waals surface area contributed by atoms with Gasteiger partial charge in [-0.3, -0.25) is 4.79 Å². The van der Waals surface area contributed by atoms with Crippen LogP contribution in [-0.4, -0.2) is 5.78 Å². The molecular formula is C15H13BrOS. The molecule has 0 aliphatic heterocycles. The Hall–Kier alpha value is -0.930. The summed E-state index contributed by atoms with van der Waals surface area (Å²) >= 11 is 5.04. The number of aryl methyl sites for hydroxylation is 1. The lowest BCUT2D eigenvalue weighted by molar-refractivity contribution is 0.0969. The van der Waals surface area contributed by atoms with Gasteiger partial charge in [0, 0.05) is 5.92 Å². The summed E-state index contributed by atoms with van der Waals surface area (Å²) in [6.07, 6.45) is 0.997. The van der Waals surface area contributed by atoms with Gasteiger partial charge in [0.15, 0.2) is 5.78 Å². The highest BCUT2D eigenvalue weighted by molar-refractivity contribution is 9.11. The second kappa shape index (κ2) is 4.63. The Bertz CT molecular complexity index is 568. The minimum atomic E-state index is 0.192. The summed E-state index contributed by atoms with van der Waals surface area (Å²) in [5.74, 6) is 0.930. The van der Waals surface area contributed by atoms with Crippen LogP contribution in [0.4, 0.5) is 0 Å². The molecule has 1 heterocycles. The third kappa shape index (κ3) is 2.17. The summed E-state index contributed by atoms with van der Waals surface area (Å²) in [5, 5.41) is 0. The van der Waals surface area contributed by atoms with Gasteiger partial charge in [0.2, 0.25) is 0 Å². The number of hydrogen-bond donors (Lipinski definition) is 0. The molecule has 3 rings (SSSR count). The lowest BCUT2D eigenvalue weighted by atomic mass is 10.1. The summed E-state index contributed by atoms with van der Waals surface area (Å²) in [4.78, 5) is 13.2. The van der Waals surface area contributed by atoms with Gasteiger partial charge in [-0.05, 0) is 52.4 Å². The van der Waals surface area contributed by atoms with Crippen molar-refractivity contribution in [2.24, 2.45) is 5.92 Å². The van der Waals surface area contributed by atoms with Crippen LogP contribution in [-0.2, 0) is 0 Å². The normalized spacial score (nSPS) is 21.9. The van der Waals surface area contributed by atoms with E-state index in [2.05, 4.69) is 28.1 Å². The van der Waals surface area contributed by atoms with E-state index in [1.807, 2.05) is 31.2 Å². The molecule has 2 atom stereocenters. The lowest BCUT2D eigenvalue weighted by Crippen LogP contribution is -2.00. The minimum absolute atomic E-state index is 0.192. The van der Waals surface area contributed by atoms with Crippen LogP contribution in [0.1, 0.15) is 33.1 Å². The molecule has 0 spiro atoms. The topological polar surface area (TPSA) is 17.1 Å². The van der Waals surface area contributed by atoms with Crippen LogP contribution in [0.5, 0.6) is 0 Å². The quantitative estimate of drug-likeness (QED) is 0.742. The molecule has 1 aliphatic carbocycles. The fourth-order valence-electron chi connectivity index (χ4n) is 2.32. The zero-order valence-corrected chi connectivity index (χ0v) is 12.4. The molecule has 2 unspecified atom stereocenters. The predicted octanol–water partition coefficient (Wildman–Crippen LogP) is 4.81. The van der Waals surface area contributed by atoms with E-state index in [-0.39, 0.29) is 5.92 Å². The minimum Gasteiger partial charge on any atom is -0.293 e. The van der Waals surface area contributed by atoms with Gasteiger partial charge >= 0.3 is 0 Å². The Morgan fingerprint density at radius 1 is 1.33 bits per heavy atom. The van der Waals surface area contributed by atoms with Gasteiger partial charge in [0.1, 0.15) is 0 Å². The van der Waals surface area contributed by atoms with Gasteiger partial charge in [0.25, 0.3) is 0 Å². The Balaban J connectivity index is 1.77. The summed E-state index contributed by atoms with van der Waals surface area (Å²) in [6, 6.07) is 12.3. The average molecular weight is 321 g/mol. The van der Waals surface area contributed by atoms with Crippen molar-refractivity contribution < 1.29 is 4.79 Å². The molecule has 0 bridgehead atoms. The summed E-state index contributed by atoms with van der Waals surface area (Å²) in [7, 11) is 0. The Morgan fingerprint density at radius 2 is 2.06 bits per heavy atom. The van der Waals surface area contributed by atoms with E-state index < -0.39 is 0 Å². The van der Waals surface area contributed by atoms with E-state index in [1.54, 1.807) is 11.3 Å². The van der Waals surface area contributed by atoms with Crippen molar-refractivity contribution >= 4 is 33.0 Å². The van der Waals surface area contributed by atoms with Crippen molar-refractivity contribution in [3.63, 3.8) is 0 Å². The first-order valence-corrected chi connectivity index (χ1v) is 7.63. The predicted molar refractivity (Wildman–Crippen MR) is 78.4 cm³/mol. The highest BCUT2D eigenvalue weighted by Crippen LogP contribution is 2.49. The molecule has 1 aromatic heterocycles. The average Bonchev–Trinajstić information content (AvgIpc) is 3.11. The van der Waals surface area contributed by atoms with Gasteiger partial charge in [0.05, 0.1) is 8.66 Å². The van der Waals surface area contributed by atoms with E-state index in [0.29, 0.717) is 11.7 Å². The number of hydrogen-bond acceptors (Lipinski definition) is 2. The maximum absolute atomic E-state index is 12.3. The van der Waals surface area contributed by atoms with Crippen LogP contribution >= 0.6 is 27.3 Å². The van der Waals surface area contributed by atoms with Crippen molar-refractivity contribution in [3.8, 4) is 0 Å². The molecule has 0 N–H and O–H groups in total. The maximum Gasteiger partial charge on any atom is 0.176 e. The van der Waals surface area contributed by atoms with Crippen molar-refractivity contribution in [3.05, 3.63) is 56.2 Å². The monoisotopic (exact) mass is 320 g/mol. The number of halogens is 1. The van der Waals surface area contributed by atoms with Crippen molar-refractivity contribution in [2.45, 2.75) is 19.3 Å². The van der Waals surface area contributed by atoms with Crippen LogP contribution in [0.3, 0.4) is 0 Å². The van der Waals surface area contributed by atoms with Crippen molar-refractivity contribution in [1.82, 2.24) is 0 Å². The molecule has 1 aromatic carbocycles. The largest absolute Gasteiger partial charge is 0.293 e. The molecule has 0 radical (unpaired) electrons. The fourth-order valence-corrected chi connectivity index (χ4v) is 3.86. The molecule has 1 nitrogen and oxygen atoms in total. The first-order valence-electron chi connectivity index (χ1n) is 6.02. The molecule has 1 aliphatic rings. The smallest absolute Gasteiger partial charge is 0.176 e. The number of carbonyl (C=O) groups is 1. The molecular weight excluding hydrogens is 308 g/mol. The third-order valence-corrected chi connectivity index (χ3v) is 5.61. The molecule has 0 amide bonds. The molecule has 2 aromatic rings. The molecule has 18 heavy (non-hydrogen) atoms. The molecule has 1 fully saturated rings. The first kappa shape index (κ1) is 12.1. The van der Waals surface area contributed by atoms with Crippen molar-refractivity contribution in [1.29, 1.82) is 0 Å². The van der Waals surface area contributed by atoms with Crippen LogP contribution in [0.2, 0.25) is 0 Å². The summed E-state index contributed by atoms with van der Waals surface area (Å²) in [5.41, 5.74) is 2.45. The van der Waals surface area contributed by atoms with E-state index in [9.17, 15) is 4.79 Å². The number of benzene rings is 1. The van der Waals surface area contributed by atoms with E-state index >= 15 is 0 Å². The van der Waals surface area contributed by atoms with Crippen LogP contribution in [0, 0.1) is 12.8 Å². The Labute approximate surface area is 119 Å². The highest BCUT2D eigenvalue weighted by atomic mass is 79.9. The van der Waals surface area contributed by atoms with Gasteiger partial charge in [-0.15, -0.1) is 11.3 Å². The number of Topliss-reactive ketones (excluding diaryl/α,β-unsaturated/α-hetero) is 1. The van der Waals surface area contributed by atoms with Crippen LogP contribution < -0.4 is 0 Å². The zero-order valence-electron chi connectivity index (χ0n) is 10.0. The molecule has 0 saturated heterocycles. The maximum atomic E-state index is 12.3. The first-order chi connectivity index (χ1) is 8.66. The zero-order chi connectivity index (χ0) is 12.7. The van der Waals surface area contributed by atoms with Crippen LogP contribution in [0.15, 0.2) is 40.2 Å². The second-order valence-corrected chi connectivity index (χ2v) is 7.16. The fraction of sp³-hybridized carbons (Fsp3) is 0.267. The standard InChI is InChI=1S/C15H13BrOS/c1-9-7-13(18-15(9)16)14(17)12-8-11(12)10-5-3-2-4-6-10/h2-7,11-12H,8H2,1H3. The van der Waals surface area contributed by atoms with Gasteiger partial charge in [-0.2, -0.15) is 0 Å². The number of carbonyl (C=O) groups excluding carboxylic acids is 1. The Morgan fingerprint density at radius 3 is 2.67 bits per heavy atom.